The highest BCUT2D eigenvalue weighted by molar-refractivity contribution is 5.35. The van der Waals surface area contributed by atoms with Gasteiger partial charge in [-0.3, -0.25) is 4.79 Å². The van der Waals surface area contributed by atoms with Crippen LogP contribution in [-0.2, 0) is 13.0 Å². The largest absolute Gasteiger partial charge is 0.496 e. The molecule has 1 aromatic heterocycles. The molecule has 2 aromatic rings. The zero-order valence-electron chi connectivity index (χ0n) is 10.1. The van der Waals surface area contributed by atoms with Gasteiger partial charge in [-0.25, -0.2) is 4.98 Å². The highest BCUT2D eigenvalue weighted by atomic mass is 16.5. The lowest BCUT2D eigenvalue weighted by Gasteiger charge is -2.07. The second-order valence-electron chi connectivity index (χ2n) is 3.88. The molecule has 94 valence electrons. The number of ether oxygens (including phenoxy) is 1. The summed E-state index contributed by atoms with van der Waals surface area (Å²) in [6, 6.07) is 7.64. The topological polar surface area (TPSA) is 81.0 Å². The van der Waals surface area contributed by atoms with Crippen molar-refractivity contribution in [2.45, 2.75) is 13.0 Å². The minimum Gasteiger partial charge on any atom is -0.496 e. The number of nitrogens with one attached hydrogen (secondary N) is 1. The van der Waals surface area contributed by atoms with Gasteiger partial charge in [0.05, 0.1) is 7.11 Å². The molecule has 0 spiro atoms. The van der Waals surface area contributed by atoms with Gasteiger partial charge in [-0.1, -0.05) is 18.2 Å². The molecule has 0 radical (unpaired) electrons. The fraction of sp³-hybridized carbons (Fsp3) is 0.231. The molecule has 1 heterocycles. The molecule has 1 aromatic carbocycles. The molecule has 2 rings (SSSR count). The van der Waals surface area contributed by atoms with Crippen molar-refractivity contribution in [3.8, 4) is 5.75 Å². The van der Waals surface area contributed by atoms with Gasteiger partial charge in [0.25, 0.3) is 5.56 Å². The van der Waals surface area contributed by atoms with Crippen LogP contribution in [0.1, 0.15) is 17.0 Å². The minimum absolute atomic E-state index is 0.183. The van der Waals surface area contributed by atoms with E-state index in [1.54, 1.807) is 7.11 Å². The maximum Gasteiger partial charge on any atom is 0.255 e. The number of rotatable bonds is 4. The van der Waals surface area contributed by atoms with Crippen LogP contribution in [-0.4, -0.2) is 17.1 Å². The van der Waals surface area contributed by atoms with Crippen LogP contribution in [0.3, 0.4) is 0 Å². The van der Waals surface area contributed by atoms with Crippen LogP contribution in [0, 0.1) is 0 Å². The predicted octanol–water partition coefficient (Wildman–Crippen LogP) is 0.828. The summed E-state index contributed by atoms with van der Waals surface area (Å²) in [5.74, 6) is 1.38. The van der Waals surface area contributed by atoms with E-state index in [1.807, 2.05) is 24.3 Å². The Bertz CT molecular complexity index is 593. The summed E-state index contributed by atoms with van der Waals surface area (Å²) in [5, 5.41) is 0. The fourth-order valence-electron chi connectivity index (χ4n) is 1.72. The molecule has 0 fully saturated rings. The van der Waals surface area contributed by atoms with Gasteiger partial charge < -0.3 is 15.5 Å². The molecule has 0 aliphatic rings. The number of methoxy groups -OCH3 is 1. The smallest absolute Gasteiger partial charge is 0.255 e. The maximum atomic E-state index is 11.6. The first-order valence-electron chi connectivity index (χ1n) is 5.63. The minimum atomic E-state index is -0.183. The first-order valence-corrected chi connectivity index (χ1v) is 5.63. The summed E-state index contributed by atoms with van der Waals surface area (Å²) < 4.78 is 5.25. The van der Waals surface area contributed by atoms with E-state index in [4.69, 9.17) is 10.5 Å². The normalized spacial score (nSPS) is 10.3. The van der Waals surface area contributed by atoms with Crippen LogP contribution in [0.5, 0.6) is 5.75 Å². The number of para-hydroxylation sites is 1. The van der Waals surface area contributed by atoms with E-state index >= 15 is 0 Å². The fourth-order valence-corrected chi connectivity index (χ4v) is 1.72. The highest BCUT2D eigenvalue weighted by Gasteiger charge is 2.06. The Balaban J connectivity index is 2.29. The van der Waals surface area contributed by atoms with Crippen molar-refractivity contribution in [2.75, 3.05) is 7.11 Å². The molecule has 0 saturated heterocycles. The predicted molar refractivity (Wildman–Crippen MR) is 68.5 cm³/mol. The average molecular weight is 245 g/mol. The molecule has 0 aliphatic heterocycles. The number of hydrogen-bond acceptors (Lipinski definition) is 4. The molecule has 0 unspecified atom stereocenters. The van der Waals surface area contributed by atoms with Crippen molar-refractivity contribution in [2.24, 2.45) is 5.73 Å². The summed E-state index contributed by atoms with van der Waals surface area (Å²) in [5.41, 5.74) is 6.70. The number of aromatic nitrogens is 2. The third kappa shape index (κ3) is 2.57. The first-order chi connectivity index (χ1) is 8.74. The molecule has 5 nitrogen and oxygen atoms in total. The quantitative estimate of drug-likeness (QED) is 0.836. The zero-order valence-corrected chi connectivity index (χ0v) is 10.1. The Morgan fingerprint density at radius 3 is 2.78 bits per heavy atom. The van der Waals surface area contributed by atoms with E-state index in [0.29, 0.717) is 17.8 Å². The van der Waals surface area contributed by atoms with E-state index in [1.165, 1.54) is 6.20 Å². The second kappa shape index (κ2) is 5.46. The van der Waals surface area contributed by atoms with Crippen molar-refractivity contribution < 1.29 is 4.74 Å². The average Bonchev–Trinajstić information content (AvgIpc) is 2.39. The van der Waals surface area contributed by atoms with Crippen molar-refractivity contribution >= 4 is 0 Å². The third-order valence-electron chi connectivity index (χ3n) is 2.70. The first kappa shape index (κ1) is 12.3. The van der Waals surface area contributed by atoms with Gasteiger partial charge >= 0.3 is 0 Å². The third-order valence-corrected chi connectivity index (χ3v) is 2.70. The lowest BCUT2D eigenvalue weighted by Crippen LogP contribution is -2.19. The van der Waals surface area contributed by atoms with E-state index in [2.05, 4.69) is 9.97 Å². The van der Waals surface area contributed by atoms with E-state index in [-0.39, 0.29) is 12.1 Å². The monoisotopic (exact) mass is 245 g/mol. The number of H-pyrrole nitrogens is 1. The Labute approximate surface area is 105 Å². The van der Waals surface area contributed by atoms with Gasteiger partial charge in [-0.2, -0.15) is 0 Å². The number of nitrogens with two attached hydrogens (primary N) is 1. The van der Waals surface area contributed by atoms with Crippen LogP contribution in [0.2, 0.25) is 0 Å². The molecule has 0 bridgehead atoms. The van der Waals surface area contributed by atoms with Crippen LogP contribution in [0.4, 0.5) is 0 Å². The van der Waals surface area contributed by atoms with Crippen molar-refractivity contribution in [3.63, 3.8) is 0 Å². The van der Waals surface area contributed by atoms with Gasteiger partial charge in [-0.05, 0) is 6.07 Å². The molecule has 0 saturated carbocycles. The molecule has 18 heavy (non-hydrogen) atoms. The molecular formula is C13H15N3O2. The molecule has 5 heteroatoms. The van der Waals surface area contributed by atoms with Crippen LogP contribution < -0.4 is 16.0 Å². The summed E-state index contributed by atoms with van der Waals surface area (Å²) in [7, 11) is 1.62. The van der Waals surface area contributed by atoms with Gasteiger partial charge in [0.1, 0.15) is 11.6 Å². The summed E-state index contributed by atoms with van der Waals surface area (Å²) in [4.78, 5) is 18.5. The Morgan fingerprint density at radius 1 is 1.33 bits per heavy atom. The van der Waals surface area contributed by atoms with Gasteiger partial charge in [0.15, 0.2) is 0 Å². The van der Waals surface area contributed by atoms with E-state index < -0.39 is 0 Å². The van der Waals surface area contributed by atoms with Gasteiger partial charge in [-0.15, -0.1) is 0 Å². The number of hydrogen-bond donors (Lipinski definition) is 2. The van der Waals surface area contributed by atoms with Gasteiger partial charge in [0, 0.05) is 30.3 Å². The van der Waals surface area contributed by atoms with Crippen molar-refractivity contribution in [1.29, 1.82) is 0 Å². The number of nitrogens with zero attached hydrogens (tertiary/aromatic N) is 1. The van der Waals surface area contributed by atoms with Gasteiger partial charge in [0.2, 0.25) is 0 Å². The van der Waals surface area contributed by atoms with Crippen LogP contribution in [0.25, 0.3) is 0 Å². The maximum absolute atomic E-state index is 11.6. The highest BCUT2D eigenvalue weighted by Crippen LogP contribution is 2.19. The Kier molecular flexibility index (Phi) is 3.74. The van der Waals surface area contributed by atoms with Crippen molar-refractivity contribution in [1.82, 2.24) is 9.97 Å². The standard InChI is InChI=1S/C13H15N3O2/c1-18-11-5-3-2-4-9(11)6-12-15-8-10(7-14)13(17)16-12/h2-5,8H,6-7,14H2,1H3,(H,15,16,17). The summed E-state index contributed by atoms with van der Waals surface area (Å²) in [6.45, 7) is 0.192. The molecule has 3 N–H and O–H groups in total. The number of benzene rings is 1. The molecule has 0 atom stereocenters. The Hall–Kier alpha value is -2.14. The lowest BCUT2D eigenvalue weighted by molar-refractivity contribution is 0.410. The van der Waals surface area contributed by atoms with Crippen molar-refractivity contribution in [3.05, 3.63) is 57.8 Å². The lowest BCUT2D eigenvalue weighted by atomic mass is 10.1. The molecule has 0 aliphatic carbocycles. The Morgan fingerprint density at radius 2 is 2.11 bits per heavy atom. The molecule has 0 amide bonds. The second-order valence-corrected chi connectivity index (χ2v) is 3.88. The SMILES string of the molecule is COc1ccccc1Cc1ncc(CN)c(=O)[nH]1. The van der Waals surface area contributed by atoms with E-state index in [0.717, 1.165) is 11.3 Å². The summed E-state index contributed by atoms with van der Waals surface area (Å²) in [6.07, 6.45) is 2.04. The van der Waals surface area contributed by atoms with Crippen LogP contribution in [0.15, 0.2) is 35.3 Å². The number of aromatic amines is 1. The van der Waals surface area contributed by atoms with Crippen LogP contribution >= 0.6 is 0 Å². The zero-order chi connectivity index (χ0) is 13.0. The van der Waals surface area contributed by atoms with E-state index in [9.17, 15) is 4.79 Å². The molecular weight excluding hydrogens is 230 g/mol. The summed E-state index contributed by atoms with van der Waals surface area (Å²) >= 11 is 0.